The molecule has 10 heteroatoms. The van der Waals surface area contributed by atoms with Gasteiger partial charge in [0.15, 0.2) is 20.6 Å². The Kier molecular flexibility index (Phi) is 9.83. The van der Waals surface area contributed by atoms with Gasteiger partial charge in [0, 0.05) is 12.4 Å². The van der Waals surface area contributed by atoms with E-state index in [1.807, 2.05) is 72.8 Å². The molecule has 0 saturated carbocycles. The van der Waals surface area contributed by atoms with Crippen molar-refractivity contribution in [3.63, 3.8) is 0 Å². The SMILES string of the molecule is COc1ccc(C(O[C@H]2C(F)(F)[C@H](N3C=CC=NC3)O[C@]2(CCl)CO[Si](C)(C)C(C)(C)C)(c2ccccc2)c2ccccc2)cc1. The minimum atomic E-state index is -3.55. The Balaban J connectivity index is 1.73. The normalized spacial score (nSPS) is 23.1. The van der Waals surface area contributed by atoms with Crippen LogP contribution in [0.4, 0.5) is 8.78 Å². The number of alkyl halides is 3. The van der Waals surface area contributed by atoms with Gasteiger partial charge in [0.2, 0.25) is 0 Å². The van der Waals surface area contributed by atoms with Crippen LogP contribution in [-0.2, 0) is 19.5 Å². The van der Waals surface area contributed by atoms with Gasteiger partial charge in [-0.05, 0) is 53.0 Å². The van der Waals surface area contributed by atoms with Gasteiger partial charge < -0.3 is 23.5 Å². The van der Waals surface area contributed by atoms with Crippen LogP contribution in [0.1, 0.15) is 37.5 Å². The molecule has 0 aromatic heterocycles. The molecule has 2 aliphatic rings. The van der Waals surface area contributed by atoms with E-state index in [1.165, 1.54) is 4.90 Å². The van der Waals surface area contributed by atoms with Crippen molar-refractivity contribution < 1.29 is 27.4 Å². The zero-order chi connectivity index (χ0) is 33.2. The highest BCUT2D eigenvalue weighted by atomic mass is 35.5. The van der Waals surface area contributed by atoms with Crippen molar-refractivity contribution in [2.45, 2.75) is 68.4 Å². The number of rotatable bonds is 11. The van der Waals surface area contributed by atoms with Gasteiger partial charge in [-0.15, -0.1) is 11.6 Å². The molecule has 46 heavy (non-hydrogen) atoms. The Morgan fingerprint density at radius 2 is 1.50 bits per heavy atom. The molecule has 0 spiro atoms. The van der Waals surface area contributed by atoms with Gasteiger partial charge in [0.05, 0.1) is 19.6 Å². The first-order valence-electron chi connectivity index (χ1n) is 15.4. The van der Waals surface area contributed by atoms with E-state index in [9.17, 15) is 0 Å². The van der Waals surface area contributed by atoms with Crippen molar-refractivity contribution in [3.8, 4) is 5.75 Å². The lowest BCUT2D eigenvalue weighted by atomic mass is 9.79. The molecule has 0 radical (unpaired) electrons. The van der Waals surface area contributed by atoms with Crippen LogP contribution < -0.4 is 4.74 Å². The number of hydrogen-bond donors (Lipinski definition) is 0. The summed E-state index contributed by atoms with van der Waals surface area (Å²) in [6, 6.07) is 26.1. The van der Waals surface area contributed by atoms with Crippen LogP contribution in [0.25, 0.3) is 0 Å². The molecule has 0 bridgehead atoms. The maximum Gasteiger partial charge on any atom is 0.320 e. The number of nitrogens with zero attached hydrogens (tertiary/aromatic N) is 2. The van der Waals surface area contributed by atoms with E-state index >= 15 is 8.78 Å². The average molecular weight is 669 g/mol. The molecular formula is C36H43ClF2N2O4Si. The fraction of sp³-hybridized carbons (Fsp3) is 0.417. The average Bonchev–Trinajstić information content (AvgIpc) is 3.29. The molecule has 2 heterocycles. The topological polar surface area (TPSA) is 52.5 Å². The van der Waals surface area contributed by atoms with E-state index < -0.39 is 37.8 Å². The van der Waals surface area contributed by atoms with E-state index in [-0.39, 0.29) is 24.2 Å². The molecule has 6 nitrogen and oxygen atoms in total. The van der Waals surface area contributed by atoms with E-state index in [0.717, 1.165) is 0 Å². The third-order valence-corrected chi connectivity index (χ3v) is 14.3. The smallest absolute Gasteiger partial charge is 0.320 e. The first kappa shape index (κ1) is 34.3. The van der Waals surface area contributed by atoms with Crippen molar-refractivity contribution in [1.29, 1.82) is 0 Å². The summed E-state index contributed by atoms with van der Waals surface area (Å²) in [5, 5.41) is -0.178. The maximum atomic E-state index is 17.3. The van der Waals surface area contributed by atoms with Crippen LogP contribution in [0.15, 0.2) is 102 Å². The second kappa shape index (κ2) is 13.2. The van der Waals surface area contributed by atoms with Crippen LogP contribution in [0.2, 0.25) is 18.1 Å². The van der Waals surface area contributed by atoms with Crippen molar-refractivity contribution >= 4 is 26.1 Å². The van der Waals surface area contributed by atoms with Crippen molar-refractivity contribution in [2.75, 3.05) is 26.3 Å². The minimum Gasteiger partial charge on any atom is -0.497 e. The second-order valence-electron chi connectivity index (χ2n) is 13.4. The Morgan fingerprint density at radius 1 is 0.935 bits per heavy atom. The summed E-state index contributed by atoms with van der Waals surface area (Å²) < 4.78 is 60.2. The van der Waals surface area contributed by atoms with Gasteiger partial charge >= 0.3 is 5.92 Å². The van der Waals surface area contributed by atoms with Gasteiger partial charge in [0.1, 0.15) is 23.6 Å². The molecule has 0 amide bonds. The summed E-state index contributed by atoms with van der Waals surface area (Å²) in [7, 11) is -0.855. The summed E-state index contributed by atoms with van der Waals surface area (Å²) >= 11 is 6.75. The van der Waals surface area contributed by atoms with Gasteiger partial charge in [-0.25, -0.2) is 0 Å². The number of allylic oxidation sites excluding steroid dienone is 1. The molecule has 0 unspecified atom stereocenters. The first-order chi connectivity index (χ1) is 21.8. The Morgan fingerprint density at radius 3 is 1.98 bits per heavy atom. The summed E-state index contributed by atoms with van der Waals surface area (Å²) in [5.41, 5.74) is -1.24. The summed E-state index contributed by atoms with van der Waals surface area (Å²) in [4.78, 5) is 5.60. The van der Waals surface area contributed by atoms with Crippen LogP contribution in [0.3, 0.4) is 0 Å². The summed E-state index contributed by atoms with van der Waals surface area (Å²) in [6.45, 7) is 10.3. The van der Waals surface area contributed by atoms with E-state index in [0.29, 0.717) is 22.4 Å². The van der Waals surface area contributed by atoms with Gasteiger partial charge in [-0.2, -0.15) is 8.78 Å². The lowest BCUT2D eigenvalue weighted by Crippen LogP contribution is -2.58. The minimum absolute atomic E-state index is 0.00588. The largest absolute Gasteiger partial charge is 0.497 e. The standard InChI is InChI=1S/C36H43ClF2N2O4Si/c1-33(2,3)46(5,6)43-25-34(24-37)31(36(38,39)32(45-34)41-23-13-22-40-26-41)44-35(27-14-9-7-10-15-27,28-16-11-8-12-17-28)29-18-20-30(42-4)21-19-29/h7-23,31-32H,24-26H2,1-6H3/t31-,32-,34-/m1/s1. The van der Waals surface area contributed by atoms with Crippen LogP contribution in [0.5, 0.6) is 5.75 Å². The molecule has 3 atom stereocenters. The molecule has 0 N–H and O–H groups in total. The molecule has 3 aromatic carbocycles. The highest BCUT2D eigenvalue weighted by molar-refractivity contribution is 6.74. The molecule has 2 aliphatic heterocycles. The number of benzene rings is 3. The zero-order valence-electron chi connectivity index (χ0n) is 27.3. The molecule has 246 valence electrons. The van der Waals surface area contributed by atoms with Gasteiger partial charge in [0.25, 0.3) is 0 Å². The van der Waals surface area contributed by atoms with Crippen molar-refractivity contribution in [2.24, 2.45) is 4.99 Å². The Bertz CT molecular complexity index is 1480. The third-order valence-electron chi connectivity index (χ3n) is 9.38. The fourth-order valence-electron chi connectivity index (χ4n) is 5.69. The highest BCUT2D eigenvalue weighted by Gasteiger charge is 2.70. The predicted octanol–water partition coefficient (Wildman–Crippen LogP) is 8.22. The van der Waals surface area contributed by atoms with E-state index in [1.54, 1.807) is 37.7 Å². The Labute approximate surface area is 277 Å². The maximum absolute atomic E-state index is 17.3. The zero-order valence-corrected chi connectivity index (χ0v) is 29.0. The monoisotopic (exact) mass is 668 g/mol. The van der Waals surface area contributed by atoms with Crippen molar-refractivity contribution in [3.05, 3.63) is 114 Å². The fourth-order valence-corrected chi connectivity index (χ4v) is 7.01. The number of methoxy groups -OCH3 is 1. The van der Waals surface area contributed by atoms with Crippen LogP contribution in [-0.4, -0.2) is 69.6 Å². The Hall–Kier alpha value is -3.08. The van der Waals surface area contributed by atoms with E-state index in [4.69, 9.17) is 30.2 Å². The molecule has 0 aliphatic carbocycles. The predicted molar refractivity (Wildman–Crippen MR) is 181 cm³/mol. The van der Waals surface area contributed by atoms with Gasteiger partial charge in [-0.1, -0.05) is 93.6 Å². The highest BCUT2D eigenvalue weighted by Crippen LogP contribution is 2.53. The molecule has 5 rings (SSSR count). The van der Waals surface area contributed by atoms with Crippen LogP contribution in [0, 0.1) is 0 Å². The van der Waals surface area contributed by atoms with Gasteiger partial charge in [-0.3, -0.25) is 4.99 Å². The lowest BCUT2D eigenvalue weighted by Gasteiger charge is -2.44. The van der Waals surface area contributed by atoms with Crippen LogP contribution >= 0.6 is 11.6 Å². The summed E-state index contributed by atoms with van der Waals surface area (Å²) in [5.74, 6) is -3.21. The quantitative estimate of drug-likeness (QED) is 0.117. The first-order valence-corrected chi connectivity index (χ1v) is 18.9. The number of aliphatic imine (C=N–C) groups is 1. The molecule has 1 fully saturated rings. The number of hydrogen-bond acceptors (Lipinski definition) is 6. The van der Waals surface area contributed by atoms with Crippen molar-refractivity contribution in [1.82, 2.24) is 4.90 Å². The third kappa shape index (κ3) is 6.28. The van der Waals surface area contributed by atoms with E-state index in [2.05, 4.69) is 38.9 Å². The number of ether oxygens (including phenoxy) is 3. The molecular weight excluding hydrogens is 626 g/mol. The summed E-state index contributed by atoms with van der Waals surface area (Å²) in [6.07, 6.45) is 1.21. The second-order valence-corrected chi connectivity index (χ2v) is 18.4. The molecule has 3 aromatic rings. The molecule has 1 saturated heterocycles. The lowest BCUT2D eigenvalue weighted by molar-refractivity contribution is -0.190. The number of halogens is 3.